The van der Waals surface area contributed by atoms with Gasteiger partial charge in [0.15, 0.2) is 5.76 Å². The van der Waals surface area contributed by atoms with Crippen molar-refractivity contribution in [1.82, 2.24) is 9.66 Å². The average Bonchev–Trinajstić information content (AvgIpc) is 3.41. The Labute approximate surface area is 224 Å². The minimum absolute atomic E-state index is 0.292. The summed E-state index contributed by atoms with van der Waals surface area (Å²) in [6, 6.07) is 30.3. The number of hydrogen-bond acceptors (Lipinski definition) is 6. The molecule has 0 atom stereocenters. The third kappa shape index (κ3) is 4.90. The van der Waals surface area contributed by atoms with Crippen LogP contribution in [0.4, 0.5) is 0 Å². The first kappa shape index (κ1) is 24.2. The van der Waals surface area contributed by atoms with Gasteiger partial charge in [-0.3, -0.25) is 4.79 Å². The molecule has 4 aromatic carbocycles. The first-order valence-electron chi connectivity index (χ1n) is 12.5. The maximum atomic E-state index is 13.6. The number of hydrogen-bond donors (Lipinski definition) is 0. The Morgan fingerprint density at radius 2 is 1.74 bits per heavy atom. The van der Waals surface area contributed by atoms with E-state index in [1.165, 1.54) is 10.2 Å². The van der Waals surface area contributed by atoms with Gasteiger partial charge in [0.2, 0.25) is 5.82 Å². The number of ether oxygens (including phenoxy) is 2. The quantitative estimate of drug-likeness (QED) is 0.224. The van der Waals surface area contributed by atoms with Crippen molar-refractivity contribution in [3.63, 3.8) is 0 Å². The van der Waals surface area contributed by atoms with E-state index in [9.17, 15) is 4.79 Å². The predicted molar refractivity (Wildman–Crippen MR) is 153 cm³/mol. The second kappa shape index (κ2) is 10.3. The van der Waals surface area contributed by atoms with Gasteiger partial charge in [0.1, 0.15) is 23.7 Å². The summed E-state index contributed by atoms with van der Waals surface area (Å²) >= 11 is 0. The first-order chi connectivity index (χ1) is 19.1. The van der Waals surface area contributed by atoms with Crippen LogP contribution in [0.25, 0.3) is 33.5 Å². The van der Waals surface area contributed by atoms with Gasteiger partial charge in [-0.15, -0.1) is 0 Å². The molecule has 0 fully saturated rings. The summed E-state index contributed by atoms with van der Waals surface area (Å²) in [4.78, 5) is 18.3. The van der Waals surface area contributed by atoms with E-state index < -0.39 is 0 Å². The minimum atomic E-state index is -0.300. The summed E-state index contributed by atoms with van der Waals surface area (Å²) in [5.74, 6) is 2.07. The van der Waals surface area contributed by atoms with Crippen LogP contribution in [0, 0.1) is 6.92 Å². The highest BCUT2D eigenvalue weighted by molar-refractivity contribution is 5.88. The Morgan fingerprint density at radius 3 is 2.59 bits per heavy atom. The second-order valence-electron chi connectivity index (χ2n) is 9.14. The van der Waals surface area contributed by atoms with Crippen LogP contribution in [0.2, 0.25) is 0 Å². The van der Waals surface area contributed by atoms with E-state index in [4.69, 9.17) is 18.9 Å². The molecule has 0 bridgehead atoms. The summed E-state index contributed by atoms with van der Waals surface area (Å²) < 4.78 is 18.8. The van der Waals surface area contributed by atoms with E-state index in [0.29, 0.717) is 46.2 Å². The maximum Gasteiger partial charge on any atom is 0.282 e. The summed E-state index contributed by atoms with van der Waals surface area (Å²) in [7, 11) is 1.61. The van der Waals surface area contributed by atoms with Gasteiger partial charge >= 0.3 is 0 Å². The molecule has 0 spiro atoms. The third-order valence-corrected chi connectivity index (χ3v) is 6.42. The lowest BCUT2D eigenvalue weighted by atomic mass is 10.2. The average molecular weight is 516 g/mol. The molecule has 0 radical (unpaired) electrons. The molecular formula is C32H25N3O4. The number of rotatable bonds is 7. The van der Waals surface area contributed by atoms with Crippen molar-refractivity contribution in [2.75, 3.05) is 7.11 Å². The van der Waals surface area contributed by atoms with E-state index >= 15 is 0 Å². The fourth-order valence-corrected chi connectivity index (χ4v) is 4.37. The molecule has 0 aliphatic carbocycles. The zero-order valence-corrected chi connectivity index (χ0v) is 21.5. The van der Waals surface area contributed by atoms with Gasteiger partial charge in [-0.05, 0) is 60.5 Å². The molecule has 0 aliphatic heterocycles. The number of benzene rings is 4. The summed E-state index contributed by atoms with van der Waals surface area (Å²) in [6.45, 7) is 2.51. The Hall–Kier alpha value is -5.17. The van der Waals surface area contributed by atoms with Crippen molar-refractivity contribution in [3.05, 3.63) is 124 Å². The van der Waals surface area contributed by atoms with Gasteiger partial charge in [-0.2, -0.15) is 9.78 Å². The zero-order chi connectivity index (χ0) is 26.8. The highest BCUT2D eigenvalue weighted by Crippen LogP contribution is 2.32. The van der Waals surface area contributed by atoms with Gasteiger partial charge in [0.05, 0.1) is 29.6 Å². The SMILES string of the molecule is COc1cccc2oc(-c3nc4ccccc4c(=O)n3N=Cc3cccc(OCc4ccc(C)cc4)c3)cc12. The smallest absolute Gasteiger partial charge is 0.282 e. The number of fused-ring (bicyclic) bond motifs is 2. The largest absolute Gasteiger partial charge is 0.496 e. The number of para-hydroxylation sites is 1. The molecule has 192 valence electrons. The van der Waals surface area contributed by atoms with Crippen LogP contribution in [0.15, 0.2) is 111 Å². The lowest BCUT2D eigenvalue weighted by molar-refractivity contribution is 0.306. The normalized spacial score (nSPS) is 11.4. The van der Waals surface area contributed by atoms with Gasteiger partial charge in [0, 0.05) is 0 Å². The Bertz CT molecular complexity index is 1880. The highest BCUT2D eigenvalue weighted by Gasteiger charge is 2.17. The summed E-state index contributed by atoms with van der Waals surface area (Å²) in [6.07, 6.45) is 1.61. The second-order valence-corrected chi connectivity index (χ2v) is 9.14. The van der Waals surface area contributed by atoms with Crippen molar-refractivity contribution >= 4 is 28.1 Å². The van der Waals surface area contributed by atoms with Gasteiger partial charge < -0.3 is 13.9 Å². The van der Waals surface area contributed by atoms with Gasteiger partial charge in [-0.25, -0.2) is 4.98 Å². The Kier molecular flexibility index (Phi) is 6.39. The highest BCUT2D eigenvalue weighted by atomic mass is 16.5. The van der Waals surface area contributed by atoms with E-state index in [0.717, 1.165) is 16.5 Å². The lowest BCUT2D eigenvalue weighted by Crippen LogP contribution is -2.20. The lowest BCUT2D eigenvalue weighted by Gasteiger charge is -2.08. The van der Waals surface area contributed by atoms with E-state index in [-0.39, 0.29) is 5.56 Å². The zero-order valence-electron chi connectivity index (χ0n) is 21.5. The number of aromatic nitrogens is 2. The molecule has 0 aliphatic rings. The fourth-order valence-electron chi connectivity index (χ4n) is 4.37. The standard InChI is InChI=1S/C32H25N3O4/c1-21-13-15-22(16-14-21)20-38-24-8-5-7-23(17-24)19-33-35-31(34-27-10-4-3-9-25(27)32(35)36)30-18-26-28(37-2)11-6-12-29(26)39-30/h3-19H,20H2,1-2H3. The van der Waals surface area contributed by atoms with Gasteiger partial charge in [0.25, 0.3) is 5.56 Å². The molecule has 7 nitrogen and oxygen atoms in total. The van der Waals surface area contributed by atoms with Crippen LogP contribution < -0.4 is 15.0 Å². The molecule has 0 saturated heterocycles. The van der Waals surface area contributed by atoms with Crippen molar-refractivity contribution in [2.24, 2.45) is 5.10 Å². The van der Waals surface area contributed by atoms with E-state index in [1.807, 2.05) is 54.6 Å². The topological polar surface area (TPSA) is 78.9 Å². The van der Waals surface area contributed by atoms with Crippen LogP contribution in [0.1, 0.15) is 16.7 Å². The third-order valence-electron chi connectivity index (χ3n) is 6.42. The predicted octanol–water partition coefficient (Wildman–Crippen LogP) is 6.59. The number of aryl methyl sites for hydroxylation is 1. The molecule has 39 heavy (non-hydrogen) atoms. The molecule has 7 heteroatoms. The molecule has 2 heterocycles. The molecule has 0 N–H and O–H groups in total. The molecular weight excluding hydrogens is 490 g/mol. The summed E-state index contributed by atoms with van der Waals surface area (Å²) in [5.41, 5.74) is 3.94. The molecule has 0 amide bonds. The maximum absolute atomic E-state index is 13.6. The van der Waals surface area contributed by atoms with Crippen molar-refractivity contribution < 1.29 is 13.9 Å². The Balaban J connectivity index is 1.38. The fraction of sp³-hybridized carbons (Fsp3) is 0.0938. The number of furan rings is 1. The molecule has 6 rings (SSSR count). The van der Waals surface area contributed by atoms with Gasteiger partial charge in [-0.1, -0.05) is 60.2 Å². The van der Waals surface area contributed by atoms with E-state index in [2.05, 4.69) is 36.3 Å². The van der Waals surface area contributed by atoms with Crippen LogP contribution in [-0.2, 0) is 6.61 Å². The van der Waals surface area contributed by atoms with Crippen molar-refractivity contribution in [3.8, 4) is 23.1 Å². The summed E-state index contributed by atoms with van der Waals surface area (Å²) in [5, 5.41) is 5.80. The van der Waals surface area contributed by atoms with E-state index in [1.54, 1.807) is 31.5 Å². The van der Waals surface area contributed by atoms with Crippen LogP contribution >= 0.6 is 0 Å². The first-order valence-corrected chi connectivity index (χ1v) is 12.5. The van der Waals surface area contributed by atoms with Crippen LogP contribution in [0.3, 0.4) is 0 Å². The van der Waals surface area contributed by atoms with Crippen molar-refractivity contribution in [2.45, 2.75) is 13.5 Å². The monoisotopic (exact) mass is 515 g/mol. The van der Waals surface area contributed by atoms with Crippen LogP contribution in [-0.4, -0.2) is 23.0 Å². The van der Waals surface area contributed by atoms with Crippen LogP contribution in [0.5, 0.6) is 11.5 Å². The number of methoxy groups -OCH3 is 1. The number of nitrogens with zero attached hydrogens (tertiary/aromatic N) is 3. The molecule has 0 unspecified atom stereocenters. The molecule has 0 saturated carbocycles. The van der Waals surface area contributed by atoms with Crippen molar-refractivity contribution in [1.29, 1.82) is 0 Å². The molecule has 6 aromatic rings. The minimum Gasteiger partial charge on any atom is -0.496 e. The molecule has 2 aromatic heterocycles. The Morgan fingerprint density at radius 1 is 0.923 bits per heavy atom.